The normalized spacial score (nSPS) is 13.6. The molecule has 1 aliphatic heterocycles. The zero-order chi connectivity index (χ0) is 11.8. The Kier molecular flexibility index (Phi) is 2.37. The number of carboxylic acids is 1. The van der Waals surface area contributed by atoms with Crippen LogP contribution in [0.3, 0.4) is 0 Å². The molecule has 0 spiro atoms. The first-order valence-corrected chi connectivity index (χ1v) is 6.25. The highest BCUT2D eigenvalue weighted by Gasteiger charge is 2.13. The molecular weight excluding hydrogens is 234 g/mol. The van der Waals surface area contributed by atoms with Gasteiger partial charge in [0.25, 0.3) is 0 Å². The van der Waals surface area contributed by atoms with Gasteiger partial charge in [0.2, 0.25) is 0 Å². The first-order chi connectivity index (χ1) is 8.25. The SMILES string of the molecule is O=C(O)c1cccc2nc3c(cc12)CSC=C3. The molecule has 0 saturated heterocycles. The van der Waals surface area contributed by atoms with Gasteiger partial charge in [0.1, 0.15) is 0 Å². The Balaban J connectivity index is 2.34. The molecule has 3 rings (SSSR count). The minimum absolute atomic E-state index is 0.317. The van der Waals surface area contributed by atoms with Crippen molar-refractivity contribution < 1.29 is 9.90 Å². The maximum absolute atomic E-state index is 11.1. The van der Waals surface area contributed by atoms with Crippen LogP contribution in [0.2, 0.25) is 0 Å². The van der Waals surface area contributed by atoms with Crippen LogP contribution < -0.4 is 0 Å². The van der Waals surface area contributed by atoms with Gasteiger partial charge in [-0.05, 0) is 35.2 Å². The van der Waals surface area contributed by atoms with Gasteiger partial charge in [-0.3, -0.25) is 0 Å². The number of hydrogen-bond donors (Lipinski definition) is 1. The molecule has 0 unspecified atom stereocenters. The molecule has 0 radical (unpaired) electrons. The smallest absolute Gasteiger partial charge is 0.336 e. The minimum Gasteiger partial charge on any atom is -0.478 e. The summed E-state index contributed by atoms with van der Waals surface area (Å²) >= 11 is 1.69. The summed E-state index contributed by atoms with van der Waals surface area (Å²) in [5.74, 6) is -0.0562. The third-order valence-corrected chi connectivity index (χ3v) is 3.57. The summed E-state index contributed by atoms with van der Waals surface area (Å²) in [7, 11) is 0. The summed E-state index contributed by atoms with van der Waals surface area (Å²) in [5, 5.41) is 11.9. The third-order valence-electron chi connectivity index (χ3n) is 2.76. The van der Waals surface area contributed by atoms with E-state index in [4.69, 9.17) is 5.11 Å². The highest BCUT2D eigenvalue weighted by atomic mass is 32.2. The molecule has 84 valence electrons. The number of rotatable bonds is 1. The number of benzene rings is 1. The van der Waals surface area contributed by atoms with Gasteiger partial charge in [-0.15, -0.1) is 11.8 Å². The van der Waals surface area contributed by atoms with Crippen molar-refractivity contribution in [3.63, 3.8) is 0 Å². The van der Waals surface area contributed by atoms with E-state index in [-0.39, 0.29) is 0 Å². The van der Waals surface area contributed by atoms with Crippen LogP contribution >= 0.6 is 11.8 Å². The summed E-state index contributed by atoms with van der Waals surface area (Å²) < 4.78 is 0. The molecule has 2 aromatic rings. The maximum atomic E-state index is 11.1. The number of aromatic carboxylic acids is 1. The zero-order valence-corrected chi connectivity index (χ0v) is 9.70. The number of fused-ring (bicyclic) bond motifs is 2. The molecular formula is C13H9NO2S. The number of carboxylic acid groups (broad SMARTS) is 1. The van der Waals surface area contributed by atoms with Crippen molar-refractivity contribution in [1.82, 2.24) is 4.98 Å². The lowest BCUT2D eigenvalue weighted by molar-refractivity contribution is 0.0699. The van der Waals surface area contributed by atoms with Crippen LogP contribution in [-0.2, 0) is 5.75 Å². The molecule has 3 nitrogen and oxygen atoms in total. The maximum Gasteiger partial charge on any atom is 0.336 e. The predicted octanol–water partition coefficient (Wildman–Crippen LogP) is 3.15. The molecule has 0 atom stereocenters. The van der Waals surface area contributed by atoms with E-state index in [1.54, 1.807) is 23.9 Å². The zero-order valence-electron chi connectivity index (χ0n) is 8.88. The van der Waals surface area contributed by atoms with Crippen LogP contribution in [0.5, 0.6) is 0 Å². The van der Waals surface area contributed by atoms with Gasteiger partial charge in [0.05, 0.1) is 16.8 Å². The molecule has 0 amide bonds. The standard InChI is InChI=1S/C13H9NO2S/c15-13(16)9-2-1-3-12-10(9)6-8-7-17-5-4-11(8)14-12/h1-6H,7H2,(H,15,16). The Hall–Kier alpha value is -1.81. The van der Waals surface area contributed by atoms with Gasteiger partial charge in [-0.2, -0.15) is 0 Å². The number of aromatic nitrogens is 1. The Morgan fingerprint density at radius 2 is 2.29 bits per heavy atom. The van der Waals surface area contributed by atoms with Gasteiger partial charge in [-0.25, -0.2) is 9.78 Å². The predicted molar refractivity (Wildman–Crippen MR) is 69.0 cm³/mol. The third kappa shape index (κ3) is 1.70. The molecule has 1 aromatic heterocycles. The van der Waals surface area contributed by atoms with E-state index in [9.17, 15) is 4.79 Å². The average Bonchev–Trinajstić information content (AvgIpc) is 2.35. The fourth-order valence-electron chi connectivity index (χ4n) is 1.95. The van der Waals surface area contributed by atoms with E-state index in [0.717, 1.165) is 27.9 Å². The lowest BCUT2D eigenvalue weighted by atomic mass is 10.0. The van der Waals surface area contributed by atoms with Crippen molar-refractivity contribution in [3.8, 4) is 0 Å². The molecule has 1 aromatic carbocycles. The van der Waals surface area contributed by atoms with Gasteiger partial charge in [0.15, 0.2) is 0 Å². The Morgan fingerprint density at radius 3 is 3.12 bits per heavy atom. The number of hydrogen-bond acceptors (Lipinski definition) is 3. The molecule has 1 aliphatic rings. The minimum atomic E-state index is -0.906. The van der Waals surface area contributed by atoms with Crippen LogP contribution in [0.4, 0.5) is 0 Å². The molecule has 2 heterocycles. The Bertz CT molecular complexity index is 649. The Morgan fingerprint density at radius 1 is 1.41 bits per heavy atom. The van der Waals surface area contributed by atoms with Crippen molar-refractivity contribution in [2.24, 2.45) is 0 Å². The Labute approximate surface area is 102 Å². The molecule has 1 N–H and O–H groups in total. The van der Waals surface area contributed by atoms with E-state index in [1.807, 2.05) is 23.6 Å². The fourth-order valence-corrected chi connectivity index (χ4v) is 2.68. The molecule has 0 bridgehead atoms. The van der Waals surface area contributed by atoms with E-state index in [1.165, 1.54) is 0 Å². The first-order valence-electron chi connectivity index (χ1n) is 5.20. The number of pyridine rings is 1. The van der Waals surface area contributed by atoms with E-state index >= 15 is 0 Å². The van der Waals surface area contributed by atoms with Gasteiger partial charge < -0.3 is 5.11 Å². The first kappa shape index (κ1) is 10.4. The van der Waals surface area contributed by atoms with E-state index in [2.05, 4.69) is 4.98 Å². The van der Waals surface area contributed by atoms with Crippen LogP contribution in [-0.4, -0.2) is 16.1 Å². The van der Waals surface area contributed by atoms with Crippen LogP contribution in [0.1, 0.15) is 21.6 Å². The number of nitrogens with zero attached hydrogens (tertiary/aromatic N) is 1. The number of carbonyl (C=O) groups is 1. The monoisotopic (exact) mass is 243 g/mol. The molecule has 17 heavy (non-hydrogen) atoms. The summed E-state index contributed by atoms with van der Waals surface area (Å²) in [6.45, 7) is 0. The van der Waals surface area contributed by atoms with Gasteiger partial charge >= 0.3 is 5.97 Å². The molecule has 0 fully saturated rings. The molecule has 0 aliphatic carbocycles. The van der Waals surface area contributed by atoms with Crippen molar-refractivity contribution in [1.29, 1.82) is 0 Å². The quantitative estimate of drug-likeness (QED) is 0.835. The second kappa shape index (κ2) is 3.89. The lowest BCUT2D eigenvalue weighted by Gasteiger charge is -2.11. The fraction of sp³-hybridized carbons (Fsp3) is 0.0769. The summed E-state index contributed by atoms with van der Waals surface area (Å²) in [5.41, 5.74) is 3.09. The largest absolute Gasteiger partial charge is 0.478 e. The van der Waals surface area contributed by atoms with Crippen molar-refractivity contribution in [2.45, 2.75) is 5.75 Å². The second-order valence-corrected chi connectivity index (χ2v) is 4.72. The highest BCUT2D eigenvalue weighted by molar-refractivity contribution is 8.01. The molecule has 4 heteroatoms. The highest BCUT2D eigenvalue weighted by Crippen LogP contribution is 2.28. The van der Waals surface area contributed by atoms with E-state index in [0.29, 0.717) is 5.56 Å². The number of thioether (sulfide) groups is 1. The topological polar surface area (TPSA) is 50.2 Å². The summed E-state index contributed by atoms with van der Waals surface area (Å²) in [6.07, 6.45) is 1.97. The summed E-state index contributed by atoms with van der Waals surface area (Å²) in [6, 6.07) is 7.13. The van der Waals surface area contributed by atoms with E-state index < -0.39 is 5.97 Å². The van der Waals surface area contributed by atoms with Crippen molar-refractivity contribution in [3.05, 3.63) is 46.5 Å². The molecule has 0 saturated carbocycles. The van der Waals surface area contributed by atoms with Crippen LogP contribution in [0.15, 0.2) is 29.7 Å². The average molecular weight is 243 g/mol. The van der Waals surface area contributed by atoms with Crippen molar-refractivity contribution in [2.75, 3.05) is 0 Å². The van der Waals surface area contributed by atoms with Crippen LogP contribution in [0.25, 0.3) is 17.0 Å². The lowest BCUT2D eigenvalue weighted by Crippen LogP contribution is -2.01. The summed E-state index contributed by atoms with van der Waals surface area (Å²) in [4.78, 5) is 15.6. The van der Waals surface area contributed by atoms with Crippen LogP contribution in [0, 0.1) is 0 Å². The second-order valence-electron chi connectivity index (χ2n) is 3.82. The van der Waals surface area contributed by atoms with Gasteiger partial charge in [-0.1, -0.05) is 6.07 Å². The van der Waals surface area contributed by atoms with Crippen molar-refractivity contribution >= 4 is 34.7 Å². The van der Waals surface area contributed by atoms with Gasteiger partial charge in [0, 0.05) is 11.1 Å².